The van der Waals surface area contributed by atoms with Gasteiger partial charge in [0.15, 0.2) is 0 Å². The molecule has 0 saturated heterocycles. The summed E-state index contributed by atoms with van der Waals surface area (Å²) in [5.74, 6) is 1.14. The van der Waals surface area contributed by atoms with E-state index in [-0.39, 0.29) is 0 Å². The predicted octanol–water partition coefficient (Wildman–Crippen LogP) is 1.94. The number of nitrogens with zero attached hydrogens (tertiary/aromatic N) is 2. The molecule has 2 heterocycles. The summed E-state index contributed by atoms with van der Waals surface area (Å²) in [5, 5.41) is 13.9. The fraction of sp³-hybridized carbons (Fsp3) is 0.273. The molecule has 0 saturated carbocycles. The molecule has 4 nitrogen and oxygen atoms in total. The Labute approximate surface area is 97.5 Å². The van der Waals surface area contributed by atoms with Crippen molar-refractivity contribution >= 4 is 11.3 Å². The van der Waals surface area contributed by atoms with Gasteiger partial charge in [-0.1, -0.05) is 0 Å². The zero-order valence-electron chi connectivity index (χ0n) is 8.64. The lowest BCUT2D eigenvalue weighted by Crippen LogP contribution is -2.16. The van der Waals surface area contributed by atoms with Crippen LogP contribution in [-0.2, 0) is 13.0 Å². The number of aromatic nitrogens is 1. The van der Waals surface area contributed by atoms with E-state index in [0.29, 0.717) is 12.3 Å². The van der Waals surface area contributed by atoms with Crippen LogP contribution in [-0.4, -0.2) is 11.5 Å². The van der Waals surface area contributed by atoms with Crippen LogP contribution in [0.15, 0.2) is 27.4 Å². The molecular formula is C11H11N3OS. The second-order valence-corrected chi connectivity index (χ2v) is 4.00. The Kier molecular flexibility index (Phi) is 3.70. The molecule has 2 aromatic heterocycles. The molecule has 0 radical (unpaired) electrons. The third kappa shape index (κ3) is 2.92. The largest absolute Gasteiger partial charge is 0.449 e. The number of furan rings is 1. The lowest BCUT2D eigenvalue weighted by molar-refractivity contribution is 0.475. The number of hydrogen-bond donors (Lipinski definition) is 1. The van der Waals surface area contributed by atoms with E-state index in [1.54, 1.807) is 17.4 Å². The smallest absolute Gasteiger partial charge is 0.203 e. The normalized spacial score (nSPS) is 10.2. The van der Waals surface area contributed by atoms with Crippen LogP contribution in [0.4, 0.5) is 0 Å². The minimum Gasteiger partial charge on any atom is -0.449 e. The quantitative estimate of drug-likeness (QED) is 0.802. The van der Waals surface area contributed by atoms with E-state index in [2.05, 4.69) is 10.3 Å². The van der Waals surface area contributed by atoms with Crippen LogP contribution < -0.4 is 5.32 Å². The molecule has 0 atom stereocenters. The number of nitriles is 1. The molecule has 0 unspecified atom stereocenters. The van der Waals surface area contributed by atoms with Gasteiger partial charge in [0.2, 0.25) is 5.76 Å². The van der Waals surface area contributed by atoms with Crippen molar-refractivity contribution in [3.63, 3.8) is 0 Å². The lowest BCUT2D eigenvalue weighted by atomic mass is 10.3. The van der Waals surface area contributed by atoms with E-state index in [0.717, 1.165) is 24.4 Å². The maximum atomic E-state index is 8.58. The first-order chi connectivity index (χ1) is 7.88. The molecule has 0 aliphatic carbocycles. The molecule has 0 aliphatic heterocycles. The molecular weight excluding hydrogens is 222 g/mol. The van der Waals surface area contributed by atoms with Crippen LogP contribution in [0.25, 0.3) is 0 Å². The summed E-state index contributed by atoms with van der Waals surface area (Å²) in [6, 6.07) is 5.45. The van der Waals surface area contributed by atoms with Crippen LogP contribution in [0.3, 0.4) is 0 Å². The molecule has 2 aromatic rings. The van der Waals surface area contributed by atoms with Gasteiger partial charge in [-0.05, 0) is 12.1 Å². The van der Waals surface area contributed by atoms with E-state index in [4.69, 9.17) is 9.68 Å². The van der Waals surface area contributed by atoms with Crippen molar-refractivity contribution in [3.05, 3.63) is 40.2 Å². The van der Waals surface area contributed by atoms with Crippen LogP contribution in [0.2, 0.25) is 0 Å². The van der Waals surface area contributed by atoms with Crippen molar-refractivity contribution in [2.45, 2.75) is 13.0 Å². The third-order valence-corrected chi connectivity index (χ3v) is 2.75. The highest BCUT2D eigenvalue weighted by Crippen LogP contribution is 2.06. The van der Waals surface area contributed by atoms with Gasteiger partial charge in [-0.2, -0.15) is 5.26 Å². The number of thiazole rings is 1. The Balaban J connectivity index is 1.70. The van der Waals surface area contributed by atoms with Crippen molar-refractivity contribution < 1.29 is 4.42 Å². The molecule has 0 fully saturated rings. The van der Waals surface area contributed by atoms with Gasteiger partial charge in [0.1, 0.15) is 11.8 Å². The highest BCUT2D eigenvalue weighted by atomic mass is 32.1. The Morgan fingerprint density at radius 1 is 1.50 bits per heavy atom. The van der Waals surface area contributed by atoms with E-state index >= 15 is 0 Å². The first kappa shape index (κ1) is 10.9. The second kappa shape index (κ2) is 5.45. The Morgan fingerprint density at radius 2 is 2.44 bits per heavy atom. The van der Waals surface area contributed by atoms with Gasteiger partial charge in [0.25, 0.3) is 0 Å². The van der Waals surface area contributed by atoms with Gasteiger partial charge >= 0.3 is 0 Å². The SMILES string of the molecule is N#Cc1ccc(CNCCc2cscn2)o1. The molecule has 0 bridgehead atoms. The average molecular weight is 233 g/mol. The monoisotopic (exact) mass is 233 g/mol. The number of nitrogens with one attached hydrogen (secondary N) is 1. The first-order valence-corrected chi connectivity index (χ1v) is 5.89. The van der Waals surface area contributed by atoms with Gasteiger partial charge in [0.05, 0.1) is 17.7 Å². The highest BCUT2D eigenvalue weighted by Gasteiger charge is 2.00. The Hall–Kier alpha value is -1.64. The maximum absolute atomic E-state index is 8.58. The standard InChI is InChI=1S/C11H11N3OS/c12-5-10-1-2-11(15-10)6-13-4-3-9-7-16-8-14-9/h1-2,7-8,13H,3-4,6H2. The summed E-state index contributed by atoms with van der Waals surface area (Å²) < 4.78 is 5.23. The molecule has 5 heteroatoms. The second-order valence-electron chi connectivity index (χ2n) is 3.28. The lowest BCUT2D eigenvalue weighted by Gasteiger charge is -2.00. The summed E-state index contributed by atoms with van der Waals surface area (Å²) in [5.41, 5.74) is 2.94. The van der Waals surface area contributed by atoms with E-state index in [1.807, 2.05) is 23.0 Å². The Morgan fingerprint density at radius 3 is 3.12 bits per heavy atom. The van der Waals surface area contributed by atoms with Crippen LogP contribution in [0, 0.1) is 11.3 Å². The Bertz CT molecular complexity index is 470. The summed E-state index contributed by atoms with van der Waals surface area (Å²) >= 11 is 1.61. The number of rotatable bonds is 5. The number of hydrogen-bond acceptors (Lipinski definition) is 5. The molecule has 2 rings (SSSR count). The zero-order valence-corrected chi connectivity index (χ0v) is 9.46. The fourth-order valence-corrected chi connectivity index (χ4v) is 1.91. The minimum absolute atomic E-state index is 0.358. The van der Waals surface area contributed by atoms with Crippen molar-refractivity contribution in [2.24, 2.45) is 0 Å². The van der Waals surface area contributed by atoms with E-state index in [1.165, 1.54) is 0 Å². The van der Waals surface area contributed by atoms with Crippen LogP contribution in [0.5, 0.6) is 0 Å². The molecule has 1 N–H and O–H groups in total. The summed E-state index contributed by atoms with van der Waals surface area (Å²) in [6.45, 7) is 1.50. The van der Waals surface area contributed by atoms with E-state index in [9.17, 15) is 0 Å². The average Bonchev–Trinajstić information content (AvgIpc) is 2.95. The highest BCUT2D eigenvalue weighted by molar-refractivity contribution is 7.07. The molecule has 82 valence electrons. The van der Waals surface area contributed by atoms with Crippen LogP contribution >= 0.6 is 11.3 Å². The molecule has 0 aliphatic rings. The van der Waals surface area contributed by atoms with Gasteiger partial charge in [-0.15, -0.1) is 11.3 Å². The summed E-state index contributed by atoms with van der Waals surface area (Å²) in [7, 11) is 0. The molecule has 0 spiro atoms. The molecule has 16 heavy (non-hydrogen) atoms. The van der Waals surface area contributed by atoms with Crippen molar-refractivity contribution in [2.75, 3.05) is 6.54 Å². The third-order valence-electron chi connectivity index (χ3n) is 2.11. The fourth-order valence-electron chi connectivity index (χ4n) is 1.32. The maximum Gasteiger partial charge on any atom is 0.203 e. The van der Waals surface area contributed by atoms with E-state index < -0.39 is 0 Å². The van der Waals surface area contributed by atoms with Gasteiger partial charge in [-0.3, -0.25) is 0 Å². The van der Waals surface area contributed by atoms with Gasteiger partial charge in [-0.25, -0.2) is 4.98 Å². The predicted molar refractivity (Wildman–Crippen MR) is 60.9 cm³/mol. The summed E-state index contributed by atoms with van der Waals surface area (Å²) in [6.07, 6.45) is 0.912. The first-order valence-electron chi connectivity index (χ1n) is 4.95. The minimum atomic E-state index is 0.358. The topological polar surface area (TPSA) is 61.9 Å². The van der Waals surface area contributed by atoms with Crippen LogP contribution in [0.1, 0.15) is 17.2 Å². The zero-order chi connectivity index (χ0) is 11.2. The van der Waals surface area contributed by atoms with Crippen molar-refractivity contribution in [1.29, 1.82) is 5.26 Å². The van der Waals surface area contributed by atoms with Gasteiger partial charge in [0, 0.05) is 18.3 Å². The molecule has 0 aromatic carbocycles. The molecule has 0 amide bonds. The van der Waals surface area contributed by atoms with Gasteiger partial charge < -0.3 is 9.73 Å². The van der Waals surface area contributed by atoms with Crippen molar-refractivity contribution in [1.82, 2.24) is 10.3 Å². The van der Waals surface area contributed by atoms with Crippen molar-refractivity contribution in [3.8, 4) is 6.07 Å². The summed E-state index contributed by atoms with van der Waals surface area (Å²) in [4.78, 5) is 4.19.